The zero-order chi connectivity index (χ0) is 15.6. The van der Waals surface area contributed by atoms with Crippen molar-refractivity contribution in [3.8, 4) is 0 Å². The average molecular weight is 312 g/mol. The highest BCUT2D eigenvalue weighted by molar-refractivity contribution is 5.38. The molecule has 0 radical (unpaired) electrons. The molecule has 0 amide bonds. The van der Waals surface area contributed by atoms with E-state index in [1.165, 1.54) is 25.1 Å². The van der Waals surface area contributed by atoms with Crippen molar-refractivity contribution in [1.29, 1.82) is 0 Å². The molecule has 4 heterocycles. The molecule has 4 rings (SSSR count). The summed E-state index contributed by atoms with van der Waals surface area (Å²) in [5, 5.41) is 8.70. The summed E-state index contributed by atoms with van der Waals surface area (Å²) in [5.74, 6) is 3.39. The maximum absolute atomic E-state index is 4.46. The van der Waals surface area contributed by atoms with E-state index in [-0.39, 0.29) is 0 Å². The van der Waals surface area contributed by atoms with E-state index in [1.807, 2.05) is 12.3 Å². The van der Waals surface area contributed by atoms with Gasteiger partial charge in [-0.2, -0.15) is 0 Å². The number of pyridine rings is 1. The van der Waals surface area contributed by atoms with Crippen molar-refractivity contribution in [1.82, 2.24) is 24.6 Å². The Bertz CT molecular complexity index is 644. The zero-order valence-corrected chi connectivity index (χ0v) is 13.7. The number of hydrogen-bond donors (Lipinski definition) is 0. The summed E-state index contributed by atoms with van der Waals surface area (Å²) >= 11 is 0. The van der Waals surface area contributed by atoms with Gasteiger partial charge in [-0.15, -0.1) is 10.2 Å². The van der Waals surface area contributed by atoms with E-state index < -0.39 is 0 Å². The van der Waals surface area contributed by atoms with E-state index >= 15 is 0 Å². The van der Waals surface area contributed by atoms with Crippen LogP contribution in [0.1, 0.15) is 30.9 Å². The van der Waals surface area contributed by atoms with Crippen LogP contribution in [0.2, 0.25) is 0 Å². The van der Waals surface area contributed by atoms with Gasteiger partial charge in [-0.25, -0.2) is 4.98 Å². The minimum Gasteiger partial charge on any atom is -0.357 e. The number of fused-ring (bicyclic) bond motifs is 1. The quantitative estimate of drug-likeness (QED) is 0.860. The summed E-state index contributed by atoms with van der Waals surface area (Å²) in [6, 6.07) is 6.69. The Hall–Kier alpha value is -1.95. The molecule has 0 atom stereocenters. The molecule has 2 aromatic heterocycles. The summed E-state index contributed by atoms with van der Waals surface area (Å²) < 4.78 is 2.31. The van der Waals surface area contributed by atoms with Crippen LogP contribution >= 0.6 is 0 Å². The van der Waals surface area contributed by atoms with Crippen molar-refractivity contribution in [2.75, 3.05) is 25.0 Å². The molecule has 2 aliphatic rings. The number of piperidine rings is 1. The molecule has 1 fully saturated rings. The highest BCUT2D eigenvalue weighted by Crippen LogP contribution is 2.22. The molecule has 2 aliphatic heterocycles. The number of aryl methyl sites for hydroxylation is 1. The molecule has 0 spiro atoms. The Labute approximate surface area is 137 Å². The van der Waals surface area contributed by atoms with Crippen molar-refractivity contribution in [2.45, 2.75) is 44.8 Å². The lowest BCUT2D eigenvalue weighted by Gasteiger charge is -2.37. The first-order valence-corrected chi connectivity index (χ1v) is 8.58. The molecule has 6 heteroatoms. The van der Waals surface area contributed by atoms with Gasteiger partial charge in [0.2, 0.25) is 0 Å². The van der Waals surface area contributed by atoms with Gasteiger partial charge in [-0.1, -0.05) is 6.07 Å². The first-order chi connectivity index (χ1) is 11.3. The van der Waals surface area contributed by atoms with Crippen molar-refractivity contribution in [3.63, 3.8) is 0 Å². The Morgan fingerprint density at radius 3 is 2.83 bits per heavy atom. The van der Waals surface area contributed by atoms with Crippen LogP contribution in [0.4, 0.5) is 5.82 Å². The largest absolute Gasteiger partial charge is 0.357 e. The third-order valence-corrected chi connectivity index (χ3v) is 5.17. The Morgan fingerprint density at radius 1 is 1.17 bits per heavy atom. The van der Waals surface area contributed by atoms with Gasteiger partial charge in [0.05, 0.1) is 6.54 Å². The van der Waals surface area contributed by atoms with Crippen molar-refractivity contribution < 1.29 is 0 Å². The smallest absolute Gasteiger partial charge is 0.147 e. The van der Waals surface area contributed by atoms with Crippen molar-refractivity contribution in [2.24, 2.45) is 0 Å². The third kappa shape index (κ3) is 2.95. The van der Waals surface area contributed by atoms with Gasteiger partial charge in [0.25, 0.3) is 0 Å². The summed E-state index contributed by atoms with van der Waals surface area (Å²) in [6.07, 6.45) is 6.52. The Balaban J connectivity index is 1.34. The number of nitrogens with zero attached hydrogens (tertiary/aromatic N) is 6. The number of likely N-dealkylation sites (tertiary alicyclic amines) is 1. The second-order valence-electron chi connectivity index (χ2n) is 6.59. The molecule has 2 aromatic rings. The van der Waals surface area contributed by atoms with Gasteiger partial charge < -0.3 is 9.47 Å². The Morgan fingerprint density at radius 2 is 2.04 bits per heavy atom. The van der Waals surface area contributed by atoms with E-state index in [1.54, 1.807) is 0 Å². The van der Waals surface area contributed by atoms with Crippen molar-refractivity contribution >= 4 is 5.82 Å². The fourth-order valence-corrected chi connectivity index (χ4v) is 3.74. The fraction of sp³-hybridized carbons (Fsp3) is 0.588. The highest BCUT2D eigenvalue weighted by Gasteiger charge is 2.25. The lowest BCUT2D eigenvalue weighted by atomic mass is 10.0. The minimum absolute atomic E-state index is 0.574. The summed E-state index contributed by atoms with van der Waals surface area (Å²) in [6.45, 7) is 4.26. The molecule has 23 heavy (non-hydrogen) atoms. The second-order valence-corrected chi connectivity index (χ2v) is 6.59. The maximum atomic E-state index is 4.46. The second kappa shape index (κ2) is 6.28. The molecule has 0 aliphatic carbocycles. The van der Waals surface area contributed by atoms with Gasteiger partial charge in [0, 0.05) is 45.3 Å². The van der Waals surface area contributed by atoms with Crippen LogP contribution in [0.5, 0.6) is 0 Å². The van der Waals surface area contributed by atoms with Crippen molar-refractivity contribution in [3.05, 3.63) is 36.0 Å². The minimum atomic E-state index is 0.574. The van der Waals surface area contributed by atoms with E-state index in [4.69, 9.17) is 0 Å². The Kier molecular flexibility index (Phi) is 3.99. The first kappa shape index (κ1) is 14.6. The third-order valence-electron chi connectivity index (χ3n) is 5.17. The maximum Gasteiger partial charge on any atom is 0.147 e. The number of hydrogen-bond acceptors (Lipinski definition) is 5. The van der Waals surface area contributed by atoms with Crippen LogP contribution in [-0.4, -0.2) is 50.8 Å². The monoisotopic (exact) mass is 312 g/mol. The van der Waals surface area contributed by atoms with Crippen LogP contribution < -0.4 is 4.90 Å². The number of aromatic nitrogens is 4. The van der Waals surface area contributed by atoms with Gasteiger partial charge in [0.15, 0.2) is 0 Å². The van der Waals surface area contributed by atoms with Gasteiger partial charge in [-0.05, 0) is 31.4 Å². The molecule has 0 saturated carbocycles. The van der Waals surface area contributed by atoms with E-state index in [2.05, 4.69) is 48.7 Å². The standard InChI is InChI=1S/C17H24N6/c1-21(15-5-2-3-9-18-15)14-7-11-22(12-8-14)13-17-20-19-16-6-4-10-23(16)17/h2-3,5,9,14H,4,6-8,10-13H2,1H3. The topological polar surface area (TPSA) is 50.1 Å². The van der Waals surface area contributed by atoms with Crippen LogP contribution in [-0.2, 0) is 19.5 Å². The lowest BCUT2D eigenvalue weighted by Crippen LogP contribution is -2.43. The molecule has 0 N–H and O–H groups in total. The fourth-order valence-electron chi connectivity index (χ4n) is 3.74. The molecule has 1 saturated heterocycles. The van der Waals surface area contributed by atoms with Gasteiger partial charge >= 0.3 is 0 Å². The summed E-state index contributed by atoms with van der Waals surface area (Å²) in [5.41, 5.74) is 0. The average Bonchev–Trinajstić information content (AvgIpc) is 3.21. The molecule has 6 nitrogen and oxygen atoms in total. The predicted octanol–water partition coefficient (Wildman–Crippen LogP) is 1.72. The number of anilines is 1. The molecular weight excluding hydrogens is 288 g/mol. The molecule has 0 bridgehead atoms. The van der Waals surface area contributed by atoms with Gasteiger partial charge in [0.1, 0.15) is 17.5 Å². The normalized spacial score (nSPS) is 19.0. The molecule has 0 unspecified atom stereocenters. The molecular formula is C17H24N6. The predicted molar refractivity (Wildman–Crippen MR) is 89.3 cm³/mol. The zero-order valence-electron chi connectivity index (χ0n) is 13.7. The van der Waals surface area contributed by atoms with E-state index in [9.17, 15) is 0 Å². The van der Waals surface area contributed by atoms with Crippen LogP contribution in [0, 0.1) is 0 Å². The number of rotatable bonds is 4. The van der Waals surface area contributed by atoms with E-state index in [0.29, 0.717) is 6.04 Å². The SMILES string of the molecule is CN(c1ccccn1)C1CCN(Cc2nnc3n2CCC3)CC1. The molecule has 122 valence electrons. The summed E-state index contributed by atoms with van der Waals surface area (Å²) in [7, 11) is 2.16. The van der Waals surface area contributed by atoms with Crippen LogP contribution in [0.15, 0.2) is 24.4 Å². The summed E-state index contributed by atoms with van der Waals surface area (Å²) in [4.78, 5) is 9.30. The van der Waals surface area contributed by atoms with E-state index in [0.717, 1.165) is 44.2 Å². The first-order valence-electron chi connectivity index (χ1n) is 8.58. The van der Waals surface area contributed by atoms with Crippen LogP contribution in [0.25, 0.3) is 0 Å². The highest BCUT2D eigenvalue weighted by atomic mass is 15.3. The van der Waals surface area contributed by atoms with Crippen LogP contribution in [0.3, 0.4) is 0 Å². The lowest BCUT2D eigenvalue weighted by molar-refractivity contribution is 0.196. The van der Waals surface area contributed by atoms with Gasteiger partial charge in [-0.3, -0.25) is 4.90 Å². The molecule has 0 aromatic carbocycles.